The number of aromatic nitrogens is 1. The van der Waals surface area contributed by atoms with Gasteiger partial charge >= 0.3 is 0 Å². The number of carbonyl (C=O) groups excluding carboxylic acids is 1. The average molecular weight is 277 g/mol. The van der Waals surface area contributed by atoms with E-state index in [1.54, 1.807) is 6.26 Å². The molecule has 110 valence electrons. The normalized spacial score (nSPS) is 21.6. The molecule has 5 nitrogen and oxygen atoms in total. The zero-order chi connectivity index (χ0) is 13.9. The molecule has 2 aliphatic rings. The topological polar surface area (TPSA) is 58.4 Å². The van der Waals surface area contributed by atoms with Crippen molar-refractivity contribution in [2.75, 3.05) is 13.1 Å². The van der Waals surface area contributed by atoms with Gasteiger partial charge in [0, 0.05) is 38.5 Å². The summed E-state index contributed by atoms with van der Waals surface area (Å²) < 4.78 is 5.23. The summed E-state index contributed by atoms with van der Waals surface area (Å²) in [6.07, 6.45) is 7.18. The van der Waals surface area contributed by atoms with E-state index in [-0.39, 0.29) is 5.91 Å². The summed E-state index contributed by atoms with van der Waals surface area (Å²) >= 11 is 0. The van der Waals surface area contributed by atoms with Gasteiger partial charge in [-0.25, -0.2) is 4.98 Å². The van der Waals surface area contributed by atoms with E-state index < -0.39 is 0 Å². The summed E-state index contributed by atoms with van der Waals surface area (Å²) in [5.74, 6) is 1.30. The van der Waals surface area contributed by atoms with Gasteiger partial charge in [0.2, 0.25) is 5.91 Å². The molecule has 5 heteroatoms. The van der Waals surface area contributed by atoms with Crippen LogP contribution in [0.1, 0.15) is 43.7 Å². The predicted molar refractivity (Wildman–Crippen MR) is 75.0 cm³/mol. The van der Waals surface area contributed by atoms with E-state index in [0.29, 0.717) is 12.0 Å². The number of nitrogens with zero attached hydrogens (tertiary/aromatic N) is 2. The summed E-state index contributed by atoms with van der Waals surface area (Å²) in [5.41, 5.74) is 0.999. The number of amides is 1. The fraction of sp³-hybridized carbons (Fsp3) is 0.733. The second-order valence-electron chi connectivity index (χ2n) is 6.04. The zero-order valence-electron chi connectivity index (χ0n) is 12.1. The Hall–Kier alpha value is -1.36. The van der Waals surface area contributed by atoms with Crippen molar-refractivity contribution in [1.82, 2.24) is 15.2 Å². The van der Waals surface area contributed by atoms with E-state index in [4.69, 9.17) is 4.42 Å². The lowest BCUT2D eigenvalue weighted by Gasteiger charge is -2.33. The lowest BCUT2D eigenvalue weighted by molar-refractivity contribution is -0.128. The summed E-state index contributed by atoms with van der Waals surface area (Å²) in [4.78, 5) is 18.6. The maximum atomic E-state index is 11.9. The zero-order valence-corrected chi connectivity index (χ0v) is 12.1. The monoisotopic (exact) mass is 277 g/mol. The molecule has 0 atom stereocenters. The molecule has 2 fully saturated rings. The highest BCUT2D eigenvalue weighted by atomic mass is 16.3. The van der Waals surface area contributed by atoms with Crippen LogP contribution in [0.3, 0.4) is 0 Å². The molecule has 1 aromatic heterocycles. The largest absolute Gasteiger partial charge is 0.449 e. The van der Waals surface area contributed by atoms with E-state index in [9.17, 15) is 4.79 Å². The third-order valence-electron chi connectivity index (χ3n) is 4.46. The summed E-state index contributed by atoms with van der Waals surface area (Å²) in [7, 11) is 0. The molecule has 0 radical (unpaired) electrons. The van der Waals surface area contributed by atoms with Gasteiger partial charge in [-0.2, -0.15) is 0 Å². The summed E-state index contributed by atoms with van der Waals surface area (Å²) in [6, 6.07) is 0.360. The number of oxazole rings is 1. The average Bonchev–Trinajstić information content (AvgIpc) is 2.75. The molecule has 1 aliphatic carbocycles. The van der Waals surface area contributed by atoms with Gasteiger partial charge in [0.05, 0.1) is 5.69 Å². The van der Waals surface area contributed by atoms with Crippen molar-refractivity contribution in [2.45, 2.75) is 51.6 Å². The molecule has 1 saturated heterocycles. The van der Waals surface area contributed by atoms with Gasteiger partial charge in [-0.05, 0) is 25.7 Å². The Balaban J connectivity index is 1.41. The van der Waals surface area contributed by atoms with Crippen molar-refractivity contribution < 1.29 is 9.21 Å². The highest BCUT2D eigenvalue weighted by Crippen LogP contribution is 2.26. The SMILES string of the molecule is Cc1nc(CN2CCC(NC(=O)C3CCC3)CC2)co1. The lowest BCUT2D eigenvalue weighted by atomic mass is 9.84. The summed E-state index contributed by atoms with van der Waals surface area (Å²) in [6.45, 7) is 4.75. The van der Waals surface area contributed by atoms with Gasteiger partial charge < -0.3 is 9.73 Å². The standard InChI is InChI=1S/C15H23N3O2/c1-11-16-14(10-20-11)9-18-7-5-13(6-8-18)17-15(19)12-3-2-4-12/h10,12-13H,2-9H2,1H3,(H,17,19). The van der Waals surface area contributed by atoms with Crippen LogP contribution in [0.4, 0.5) is 0 Å². The number of piperidine rings is 1. The molecular weight excluding hydrogens is 254 g/mol. The van der Waals surface area contributed by atoms with Gasteiger partial charge in [-0.1, -0.05) is 6.42 Å². The smallest absolute Gasteiger partial charge is 0.223 e. The first-order chi connectivity index (χ1) is 9.70. The van der Waals surface area contributed by atoms with Crippen LogP contribution in [0.5, 0.6) is 0 Å². The number of hydrogen-bond acceptors (Lipinski definition) is 4. The molecule has 1 aliphatic heterocycles. The Bertz CT molecular complexity index is 459. The van der Waals surface area contributed by atoms with Crippen LogP contribution in [0.25, 0.3) is 0 Å². The Labute approximate surface area is 119 Å². The van der Waals surface area contributed by atoms with E-state index in [0.717, 1.165) is 56.9 Å². The molecule has 1 N–H and O–H groups in total. The van der Waals surface area contributed by atoms with Gasteiger partial charge in [-0.3, -0.25) is 9.69 Å². The third-order valence-corrected chi connectivity index (χ3v) is 4.46. The van der Waals surface area contributed by atoms with E-state index in [2.05, 4.69) is 15.2 Å². The van der Waals surface area contributed by atoms with Crippen LogP contribution in [0.15, 0.2) is 10.7 Å². The van der Waals surface area contributed by atoms with Crippen LogP contribution in [-0.2, 0) is 11.3 Å². The number of aryl methyl sites for hydroxylation is 1. The van der Waals surface area contributed by atoms with Crippen LogP contribution >= 0.6 is 0 Å². The molecule has 0 aromatic carbocycles. The van der Waals surface area contributed by atoms with Crippen LogP contribution in [0, 0.1) is 12.8 Å². The first kappa shape index (κ1) is 13.6. The molecule has 0 bridgehead atoms. The highest BCUT2D eigenvalue weighted by Gasteiger charge is 2.28. The Morgan fingerprint density at radius 2 is 2.15 bits per heavy atom. The predicted octanol–water partition coefficient (Wildman–Crippen LogP) is 1.86. The lowest BCUT2D eigenvalue weighted by Crippen LogP contribution is -2.47. The molecular formula is C15H23N3O2. The molecule has 3 rings (SSSR count). The first-order valence-corrected chi connectivity index (χ1v) is 7.64. The van der Waals surface area contributed by atoms with Crippen molar-refractivity contribution in [2.24, 2.45) is 5.92 Å². The fourth-order valence-corrected chi connectivity index (χ4v) is 2.93. The minimum atomic E-state index is 0.279. The minimum absolute atomic E-state index is 0.279. The molecule has 1 aromatic rings. The molecule has 1 amide bonds. The van der Waals surface area contributed by atoms with Crippen molar-refractivity contribution in [3.05, 3.63) is 17.8 Å². The quantitative estimate of drug-likeness (QED) is 0.912. The van der Waals surface area contributed by atoms with E-state index in [1.807, 2.05) is 6.92 Å². The second-order valence-corrected chi connectivity index (χ2v) is 6.04. The second kappa shape index (κ2) is 5.95. The van der Waals surface area contributed by atoms with Crippen molar-refractivity contribution >= 4 is 5.91 Å². The highest BCUT2D eigenvalue weighted by molar-refractivity contribution is 5.79. The third kappa shape index (κ3) is 3.20. The summed E-state index contributed by atoms with van der Waals surface area (Å²) in [5, 5.41) is 3.21. The van der Waals surface area contributed by atoms with Crippen LogP contribution in [0.2, 0.25) is 0 Å². The van der Waals surface area contributed by atoms with Crippen LogP contribution in [-0.4, -0.2) is 34.9 Å². The van der Waals surface area contributed by atoms with Crippen LogP contribution < -0.4 is 5.32 Å². The molecule has 20 heavy (non-hydrogen) atoms. The number of rotatable bonds is 4. The molecule has 0 unspecified atom stereocenters. The van der Waals surface area contributed by atoms with Crippen molar-refractivity contribution in [3.8, 4) is 0 Å². The Morgan fingerprint density at radius 3 is 2.70 bits per heavy atom. The minimum Gasteiger partial charge on any atom is -0.449 e. The van der Waals surface area contributed by atoms with Crippen molar-refractivity contribution in [3.63, 3.8) is 0 Å². The number of likely N-dealkylation sites (tertiary alicyclic amines) is 1. The number of carbonyl (C=O) groups is 1. The number of hydrogen-bond donors (Lipinski definition) is 1. The number of nitrogens with one attached hydrogen (secondary N) is 1. The van der Waals surface area contributed by atoms with Crippen molar-refractivity contribution in [1.29, 1.82) is 0 Å². The first-order valence-electron chi connectivity index (χ1n) is 7.64. The van der Waals surface area contributed by atoms with E-state index >= 15 is 0 Å². The maximum absolute atomic E-state index is 11.9. The molecule has 0 spiro atoms. The Morgan fingerprint density at radius 1 is 1.40 bits per heavy atom. The maximum Gasteiger partial charge on any atom is 0.223 e. The Kier molecular flexibility index (Phi) is 4.05. The van der Waals surface area contributed by atoms with Gasteiger partial charge in [-0.15, -0.1) is 0 Å². The van der Waals surface area contributed by atoms with Gasteiger partial charge in [0.15, 0.2) is 5.89 Å². The molecule has 1 saturated carbocycles. The molecule has 2 heterocycles. The van der Waals surface area contributed by atoms with E-state index in [1.165, 1.54) is 6.42 Å². The van der Waals surface area contributed by atoms with Gasteiger partial charge in [0.1, 0.15) is 6.26 Å². The van der Waals surface area contributed by atoms with Gasteiger partial charge in [0.25, 0.3) is 0 Å². The fourth-order valence-electron chi connectivity index (χ4n) is 2.93.